The van der Waals surface area contributed by atoms with Crippen LogP contribution in [0.15, 0.2) is 66.7 Å². The SMILES string of the molecule is CCOc1cc(-c2cccc(Cl)c2)nc2ccc(C(=O)Nc3ccc(C)c(C)c3)cc12. The molecule has 0 saturated carbocycles. The van der Waals surface area contributed by atoms with Gasteiger partial charge in [0.2, 0.25) is 0 Å². The molecule has 4 rings (SSSR count). The van der Waals surface area contributed by atoms with Crippen LogP contribution in [0, 0.1) is 13.8 Å². The van der Waals surface area contributed by atoms with E-state index in [1.54, 1.807) is 6.07 Å². The average molecular weight is 431 g/mol. The molecule has 0 bridgehead atoms. The summed E-state index contributed by atoms with van der Waals surface area (Å²) in [7, 11) is 0. The lowest BCUT2D eigenvalue weighted by Gasteiger charge is -2.12. The van der Waals surface area contributed by atoms with Gasteiger partial charge in [-0.15, -0.1) is 0 Å². The Morgan fingerprint density at radius 3 is 2.58 bits per heavy atom. The standard InChI is InChI=1S/C26H23ClN2O2/c1-4-31-25-15-24(18-6-5-7-20(27)13-18)29-23-11-9-19(14-22(23)25)26(30)28-21-10-8-16(2)17(3)12-21/h5-15H,4H2,1-3H3,(H,28,30). The molecule has 4 aromatic rings. The summed E-state index contributed by atoms with van der Waals surface area (Å²) in [6.45, 7) is 6.51. The van der Waals surface area contributed by atoms with Crippen molar-refractivity contribution in [2.24, 2.45) is 0 Å². The highest BCUT2D eigenvalue weighted by atomic mass is 35.5. The predicted molar refractivity (Wildman–Crippen MR) is 127 cm³/mol. The molecule has 1 heterocycles. The van der Waals surface area contributed by atoms with E-state index in [4.69, 9.17) is 21.3 Å². The van der Waals surface area contributed by atoms with Crippen molar-refractivity contribution >= 4 is 34.1 Å². The summed E-state index contributed by atoms with van der Waals surface area (Å²) < 4.78 is 5.89. The number of fused-ring (bicyclic) bond motifs is 1. The zero-order valence-electron chi connectivity index (χ0n) is 17.7. The minimum Gasteiger partial charge on any atom is -0.493 e. The van der Waals surface area contributed by atoms with E-state index in [2.05, 4.69) is 5.32 Å². The fourth-order valence-corrected chi connectivity index (χ4v) is 3.62. The van der Waals surface area contributed by atoms with Gasteiger partial charge in [-0.2, -0.15) is 0 Å². The molecule has 1 aromatic heterocycles. The summed E-state index contributed by atoms with van der Waals surface area (Å²) >= 11 is 6.15. The first-order valence-corrected chi connectivity index (χ1v) is 10.5. The van der Waals surface area contributed by atoms with Crippen molar-refractivity contribution in [3.05, 3.63) is 88.4 Å². The molecule has 1 N–H and O–H groups in total. The Bertz CT molecular complexity index is 1280. The Morgan fingerprint density at radius 2 is 1.84 bits per heavy atom. The first-order chi connectivity index (χ1) is 14.9. The lowest BCUT2D eigenvalue weighted by molar-refractivity contribution is 0.102. The second-order valence-electron chi connectivity index (χ2n) is 7.43. The molecule has 0 spiro atoms. The third kappa shape index (κ3) is 4.54. The summed E-state index contributed by atoms with van der Waals surface area (Å²) in [5.74, 6) is 0.509. The molecule has 0 atom stereocenters. The number of rotatable bonds is 5. The molecule has 156 valence electrons. The lowest BCUT2D eigenvalue weighted by Crippen LogP contribution is -2.12. The van der Waals surface area contributed by atoms with Crippen LogP contribution in [0.1, 0.15) is 28.4 Å². The maximum absolute atomic E-state index is 12.9. The Morgan fingerprint density at radius 1 is 1.00 bits per heavy atom. The molecule has 0 aliphatic rings. The van der Waals surface area contributed by atoms with Gasteiger partial charge >= 0.3 is 0 Å². The number of nitrogens with zero attached hydrogens (tertiary/aromatic N) is 1. The number of halogens is 1. The number of anilines is 1. The number of carbonyl (C=O) groups is 1. The molecule has 4 nitrogen and oxygen atoms in total. The number of carbonyl (C=O) groups excluding carboxylic acids is 1. The van der Waals surface area contributed by atoms with Crippen LogP contribution in [0.2, 0.25) is 5.02 Å². The maximum atomic E-state index is 12.9. The summed E-state index contributed by atoms with van der Waals surface area (Å²) in [5, 5.41) is 4.41. The van der Waals surface area contributed by atoms with E-state index in [9.17, 15) is 4.79 Å². The number of hydrogen-bond donors (Lipinski definition) is 1. The molecular formula is C26H23ClN2O2. The van der Waals surface area contributed by atoms with Gasteiger partial charge in [0.15, 0.2) is 0 Å². The smallest absolute Gasteiger partial charge is 0.255 e. The van der Waals surface area contributed by atoms with Crippen LogP contribution in [0.3, 0.4) is 0 Å². The topological polar surface area (TPSA) is 51.2 Å². The van der Waals surface area contributed by atoms with Gasteiger partial charge < -0.3 is 10.1 Å². The van der Waals surface area contributed by atoms with Crippen molar-refractivity contribution in [1.29, 1.82) is 0 Å². The summed E-state index contributed by atoms with van der Waals surface area (Å²) in [6.07, 6.45) is 0. The molecule has 0 aliphatic carbocycles. The van der Waals surface area contributed by atoms with Crippen LogP contribution in [-0.4, -0.2) is 17.5 Å². The highest BCUT2D eigenvalue weighted by Gasteiger charge is 2.13. The number of ether oxygens (including phenoxy) is 1. The number of nitrogens with one attached hydrogen (secondary N) is 1. The van der Waals surface area contributed by atoms with Gasteiger partial charge in [0.05, 0.1) is 17.8 Å². The van der Waals surface area contributed by atoms with E-state index in [0.29, 0.717) is 22.9 Å². The second kappa shape index (κ2) is 8.78. The first-order valence-electron chi connectivity index (χ1n) is 10.2. The predicted octanol–water partition coefficient (Wildman–Crippen LogP) is 6.82. The van der Waals surface area contributed by atoms with Gasteiger partial charge in [0.25, 0.3) is 5.91 Å². The zero-order valence-corrected chi connectivity index (χ0v) is 18.5. The largest absolute Gasteiger partial charge is 0.493 e. The number of aromatic nitrogens is 1. The van der Waals surface area contributed by atoms with E-state index in [0.717, 1.165) is 33.4 Å². The van der Waals surface area contributed by atoms with Crippen LogP contribution >= 0.6 is 11.6 Å². The van der Waals surface area contributed by atoms with Crippen molar-refractivity contribution in [3.63, 3.8) is 0 Å². The second-order valence-corrected chi connectivity index (χ2v) is 7.87. The number of pyridine rings is 1. The molecule has 1 amide bonds. The third-order valence-electron chi connectivity index (χ3n) is 5.22. The Labute approximate surface area is 186 Å². The minimum atomic E-state index is -0.175. The van der Waals surface area contributed by atoms with E-state index in [1.807, 2.05) is 81.4 Å². The third-order valence-corrected chi connectivity index (χ3v) is 5.45. The van der Waals surface area contributed by atoms with Gasteiger partial charge in [-0.1, -0.05) is 29.8 Å². The first kappa shape index (κ1) is 20.9. The summed E-state index contributed by atoms with van der Waals surface area (Å²) in [6, 6.07) is 20.8. The number of amides is 1. The number of hydrogen-bond acceptors (Lipinski definition) is 3. The van der Waals surface area contributed by atoms with Crippen molar-refractivity contribution in [3.8, 4) is 17.0 Å². The molecule has 0 radical (unpaired) electrons. The van der Waals surface area contributed by atoms with Crippen molar-refractivity contribution < 1.29 is 9.53 Å². The molecule has 0 fully saturated rings. The molecular weight excluding hydrogens is 408 g/mol. The van der Waals surface area contributed by atoms with Crippen LogP contribution in [-0.2, 0) is 0 Å². The van der Waals surface area contributed by atoms with Gasteiger partial charge in [0.1, 0.15) is 5.75 Å². The van der Waals surface area contributed by atoms with Gasteiger partial charge in [-0.05, 0) is 74.4 Å². The fourth-order valence-electron chi connectivity index (χ4n) is 3.43. The summed E-state index contributed by atoms with van der Waals surface area (Å²) in [5.41, 5.74) is 6.07. The molecule has 0 aliphatic heterocycles. The van der Waals surface area contributed by atoms with Gasteiger partial charge in [-0.25, -0.2) is 4.98 Å². The van der Waals surface area contributed by atoms with Crippen LogP contribution in [0.25, 0.3) is 22.2 Å². The Hall–Kier alpha value is -3.37. The van der Waals surface area contributed by atoms with Gasteiger partial charge in [0, 0.05) is 33.3 Å². The van der Waals surface area contributed by atoms with E-state index >= 15 is 0 Å². The van der Waals surface area contributed by atoms with Gasteiger partial charge in [-0.3, -0.25) is 4.79 Å². The van der Waals surface area contributed by atoms with Crippen molar-refractivity contribution in [2.75, 3.05) is 11.9 Å². The van der Waals surface area contributed by atoms with E-state index in [-0.39, 0.29) is 5.91 Å². The van der Waals surface area contributed by atoms with Crippen LogP contribution < -0.4 is 10.1 Å². The fraction of sp³-hybridized carbons (Fsp3) is 0.154. The molecule has 31 heavy (non-hydrogen) atoms. The van der Waals surface area contributed by atoms with Crippen molar-refractivity contribution in [2.45, 2.75) is 20.8 Å². The van der Waals surface area contributed by atoms with Crippen LogP contribution in [0.4, 0.5) is 5.69 Å². The molecule has 5 heteroatoms. The Kier molecular flexibility index (Phi) is 5.92. The highest BCUT2D eigenvalue weighted by Crippen LogP contribution is 2.32. The number of aryl methyl sites for hydroxylation is 2. The maximum Gasteiger partial charge on any atom is 0.255 e. The monoisotopic (exact) mass is 430 g/mol. The normalized spacial score (nSPS) is 10.8. The molecule has 0 unspecified atom stereocenters. The average Bonchev–Trinajstić information content (AvgIpc) is 2.76. The zero-order chi connectivity index (χ0) is 22.0. The quantitative estimate of drug-likeness (QED) is 0.377. The highest BCUT2D eigenvalue weighted by molar-refractivity contribution is 6.30. The van der Waals surface area contributed by atoms with Crippen LogP contribution in [0.5, 0.6) is 5.75 Å². The summed E-state index contributed by atoms with van der Waals surface area (Å²) in [4.78, 5) is 17.6. The lowest BCUT2D eigenvalue weighted by atomic mass is 10.1. The van der Waals surface area contributed by atoms with Crippen molar-refractivity contribution in [1.82, 2.24) is 4.98 Å². The van der Waals surface area contributed by atoms with E-state index in [1.165, 1.54) is 5.56 Å². The minimum absolute atomic E-state index is 0.175. The van der Waals surface area contributed by atoms with E-state index < -0.39 is 0 Å². The number of benzene rings is 3. The molecule has 0 saturated heterocycles. The molecule has 3 aromatic carbocycles. The Balaban J connectivity index is 1.72.